The summed E-state index contributed by atoms with van der Waals surface area (Å²) in [5, 5.41) is 0. The fourth-order valence-electron chi connectivity index (χ4n) is 3.39. The van der Waals surface area contributed by atoms with Gasteiger partial charge in [-0.05, 0) is 30.9 Å². The lowest BCUT2D eigenvalue weighted by Crippen LogP contribution is -2.16. The van der Waals surface area contributed by atoms with Crippen molar-refractivity contribution in [3.8, 4) is 5.75 Å². The van der Waals surface area contributed by atoms with E-state index in [0.717, 1.165) is 36.0 Å². The molecule has 1 aliphatic carbocycles. The molecule has 0 saturated heterocycles. The molecule has 1 fully saturated rings. The summed E-state index contributed by atoms with van der Waals surface area (Å²) >= 11 is 5.96. The molecule has 0 unspecified atom stereocenters. The van der Waals surface area contributed by atoms with Gasteiger partial charge in [-0.3, -0.25) is 0 Å². The average Bonchev–Trinajstić information content (AvgIpc) is 2.86. The minimum absolute atomic E-state index is 0.616. The van der Waals surface area contributed by atoms with Crippen molar-refractivity contribution in [3.63, 3.8) is 0 Å². The molecule has 0 amide bonds. The van der Waals surface area contributed by atoms with E-state index in [9.17, 15) is 0 Å². The number of aromatic nitrogens is 2. The number of fused-ring (bicyclic) bond motifs is 1. The van der Waals surface area contributed by atoms with Crippen molar-refractivity contribution in [2.24, 2.45) is 5.92 Å². The first-order valence-corrected chi connectivity index (χ1v) is 8.44. The third-order valence-electron chi connectivity index (χ3n) is 4.52. The van der Waals surface area contributed by atoms with Gasteiger partial charge in [-0.25, -0.2) is 4.98 Å². The lowest BCUT2D eigenvalue weighted by molar-refractivity contribution is 0.319. The average molecular weight is 307 g/mol. The quantitative estimate of drug-likeness (QED) is 0.765. The summed E-state index contributed by atoms with van der Waals surface area (Å²) in [6, 6.07) is 6.12. The highest BCUT2D eigenvalue weighted by Gasteiger charge is 2.18. The van der Waals surface area contributed by atoms with Gasteiger partial charge in [0.25, 0.3) is 0 Å². The number of imidazole rings is 1. The highest BCUT2D eigenvalue weighted by molar-refractivity contribution is 6.17. The molecule has 21 heavy (non-hydrogen) atoms. The molecule has 0 N–H and O–H groups in total. The van der Waals surface area contributed by atoms with E-state index in [4.69, 9.17) is 21.3 Å². The lowest BCUT2D eigenvalue weighted by atomic mass is 9.89. The van der Waals surface area contributed by atoms with Crippen molar-refractivity contribution in [1.82, 2.24) is 9.55 Å². The van der Waals surface area contributed by atoms with Crippen LogP contribution in [0.3, 0.4) is 0 Å². The molecule has 3 rings (SSSR count). The van der Waals surface area contributed by atoms with Crippen LogP contribution in [0.4, 0.5) is 0 Å². The molecule has 3 nitrogen and oxygen atoms in total. The van der Waals surface area contributed by atoms with Gasteiger partial charge in [0, 0.05) is 24.9 Å². The standard InChI is InChI=1S/C17H23ClN2O/c1-21-14-7-8-15-16(11-14)20(17(19-15)9-10-18)12-13-5-3-2-4-6-13/h7-8,11,13H,2-6,9-10,12H2,1H3. The first-order valence-electron chi connectivity index (χ1n) is 7.91. The fourth-order valence-corrected chi connectivity index (χ4v) is 3.56. The fraction of sp³-hybridized carbons (Fsp3) is 0.588. The second-order valence-corrected chi connectivity index (χ2v) is 6.31. The van der Waals surface area contributed by atoms with Crippen molar-refractivity contribution in [2.45, 2.75) is 45.1 Å². The number of alkyl halides is 1. The van der Waals surface area contributed by atoms with Gasteiger partial charge >= 0.3 is 0 Å². The molecule has 114 valence electrons. The van der Waals surface area contributed by atoms with E-state index < -0.39 is 0 Å². The SMILES string of the molecule is COc1ccc2nc(CCCl)n(CC3CCCCC3)c2c1. The second-order valence-electron chi connectivity index (χ2n) is 5.94. The first-order chi connectivity index (χ1) is 10.3. The van der Waals surface area contributed by atoms with Gasteiger partial charge in [-0.2, -0.15) is 0 Å². The Morgan fingerprint density at radius 1 is 1.29 bits per heavy atom. The number of aryl methyl sites for hydroxylation is 1. The Morgan fingerprint density at radius 3 is 2.81 bits per heavy atom. The number of hydrogen-bond donors (Lipinski definition) is 0. The van der Waals surface area contributed by atoms with Gasteiger partial charge in [0.2, 0.25) is 0 Å². The zero-order valence-corrected chi connectivity index (χ0v) is 13.4. The molecule has 1 aromatic carbocycles. The summed E-state index contributed by atoms with van der Waals surface area (Å²) in [6.45, 7) is 1.07. The van der Waals surface area contributed by atoms with Gasteiger partial charge in [-0.1, -0.05) is 19.3 Å². The molecule has 1 heterocycles. The van der Waals surface area contributed by atoms with Crippen LogP contribution >= 0.6 is 11.6 Å². The highest BCUT2D eigenvalue weighted by atomic mass is 35.5. The lowest BCUT2D eigenvalue weighted by Gasteiger charge is -2.23. The molecular formula is C17H23ClN2O. The number of benzene rings is 1. The maximum Gasteiger partial charge on any atom is 0.121 e. The predicted molar refractivity (Wildman–Crippen MR) is 87.3 cm³/mol. The van der Waals surface area contributed by atoms with Gasteiger partial charge in [0.15, 0.2) is 0 Å². The Balaban J connectivity index is 1.96. The van der Waals surface area contributed by atoms with Gasteiger partial charge < -0.3 is 9.30 Å². The predicted octanol–water partition coefficient (Wildman–Crippen LogP) is 4.41. The Bertz CT molecular complexity index is 602. The van der Waals surface area contributed by atoms with Crippen molar-refractivity contribution < 1.29 is 4.74 Å². The Labute approximate surface area is 131 Å². The Morgan fingerprint density at radius 2 is 2.10 bits per heavy atom. The van der Waals surface area contributed by atoms with E-state index in [1.54, 1.807) is 7.11 Å². The summed E-state index contributed by atoms with van der Waals surface area (Å²) in [4.78, 5) is 4.77. The molecule has 0 atom stereocenters. The van der Waals surface area contributed by atoms with Gasteiger partial charge in [-0.15, -0.1) is 11.6 Å². The molecule has 1 saturated carbocycles. The molecule has 0 aliphatic heterocycles. The van der Waals surface area contributed by atoms with Crippen LogP contribution in [-0.4, -0.2) is 22.5 Å². The van der Waals surface area contributed by atoms with E-state index in [0.29, 0.717) is 5.88 Å². The third-order valence-corrected chi connectivity index (χ3v) is 4.71. The van der Waals surface area contributed by atoms with E-state index in [2.05, 4.69) is 10.6 Å². The first kappa shape index (κ1) is 14.7. The molecule has 0 spiro atoms. The molecule has 1 aliphatic rings. The molecule has 2 aromatic rings. The van der Waals surface area contributed by atoms with Gasteiger partial charge in [0.1, 0.15) is 11.6 Å². The monoisotopic (exact) mass is 306 g/mol. The van der Waals surface area contributed by atoms with Crippen LogP contribution in [0.2, 0.25) is 0 Å². The van der Waals surface area contributed by atoms with Crippen LogP contribution in [-0.2, 0) is 13.0 Å². The molecular weight excluding hydrogens is 284 g/mol. The maximum atomic E-state index is 5.96. The summed E-state index contributed by atoms with van der Waals surface area (Å²) in [5.41, 5.74) is 2.23. The minimum atomic E-state index is 0.616. The number of rotatable bonds is 5. The normalized spacial score (nSPS) is 16.5. The van der Waals surface area contributed by atoms with Crippen LogP contribution in [0, 0.1) is 5.92 Å². The zero-order valence-electron chi connectivity index (χ0n) is 12.6. The summed E-state index contributed by atoms with van der Waals surface area (Å²) < 4.78 is 7.74. The molecule has 4 heteroatoms. The molecule has 0 radical (unpaired) electrons. The number of hydrogen-bond acceptors (Lipinski definition) is 2. The van der Waals surface area contributed by atoms with Crippen molar-refractivity contribution in [3.05, 3.63) is 24.0 Å². The largest absolute Gasteiger partial charge is 0.497 e. The number of halogens is 1. The Hall–Kier alpha value is -1.22. The van der Waals surface area contributed by atoms with Crippen LogP contribution in [0.1, 0.15) is 37.9 Å². The number of ether oxygens (including phenoxy) is 1. The summed E-state index contributed by atoms with van der Waals surface area (Å²) in [5.74, 6) is 3.39. The second kappa shape index (κ2) is 6.69. The topological polar surface area (TPSA) is 27.1 Å². The van der Waals surface area contributed by atoms with Gasteiger partial charge in [0.05, 0.1) is 18.1 Å². The van der Waals surface area contributed by atoms with Crippen molar-refractivity contribution in [2.75, 3.05) is 13.0 Å². The van der Waals surface area contributed by atoms with E-state index >= 15 is 0 Å². The van der Waals surface area contributed by atoms with E-state index in [1.165, 1.54) is 37.6 Å². The Kier molecular flexibility index (Phi) is 4.69. The van der Waals surface area contributed by atoms with Crippen LogP contribution < -0.4 is 4.74 Å². The molecule has 1 aromatic heterocycles. The van der Waals surface area contributed by atoms with Crippen molar-refractivity contribution >= 4 is 22.6 Å². The zero-order chi connectivity index (χ0) is 14.7. The molecule has 0 bridgehead atoms. The van der Waals surface area contributed by atoms with Crippen LogP contribution in [0.15, 0.2) is 18.2 Å². The summed E-state index contributed by atoms with van der Waals surface area (Å²) in [6.07, 6.45) is 7.62. The van der Waals surface area contributed by atoms with Crippen LogP contribution in [0.25, 0.3) is 11.0 Å². The number of methoxy groups -OCH3 is 1. The minimum Gasteiger partial charge on any atom is -0.497 e. The van der Waals surface area contributed by atoms with E-state index in [1.807, 2.05) is 12.1 Å². The highest BCUT2D eigenvalue weighted by Crippen LogP contribution is 2.29. The smallest absolute Gasteiger partial charge is 0.121 e. The summed E-state index contributed by atoms with van der Waals surface area (Å²) in [7, 11) is 1.71. The van der Waals surface area contributed by atoms with Crippen LogP contribution in [0.5, 0.6) is 5.75 Å². The third kappa shape index (κ3) is 3.18. The number of nitrogens with zero attached hydrogens (tertiary/aromatic N) is 2. The van der Waals surface area contributed by atoms with E-state index in [-0.39, 0.29) is 0 Å². The maximum absolute atomic E-state index is 5.96. The van der Waals surface area contributed by atoms with Crippen molar-refractivity contribution in [1.29, 1.82) is 0 Å².